The number of amides is 2. The van der Waals surface area contributed by atoms with Crippen molar-refractivity contribution < 1.29 is 9.59 Å². The van der Waals surface area contributed by atoms with E-state index in [2.05, 4.69) is 15.6 Å². The minimum Gasteiger partial charge on any atom is -0.352 e. The molecular formula is C24H22N4O3S. The number of benzene rings is 2. The number of hydrogen-bond donors (Lipinski definition) is 2. The Kier molecular flexibility index (Phi) is 6.72. The second-order valence-corrected chi connectivity index (χ2v) is 8.11. The highest BCUT2D eigenvalue weighted by molar-refractivity contribution is 7.16. The molecule has 7 nitrogen and oxygen atoms in total. The van der Waals surface area contributed by atoms with Gasteiger partial charge in [-0.3, -0.25) is 19.0 Å². The fraction of sp³-hybridized carbons (Fsp3) is 0.167. The second kappa shape index (κ2) is 10.0. The predicted molar refractivity (Wildman–Crippen MR) is 126 cm³/mol. The van der Waals surface area contributed by atoms with Gasteiger partial charge in [0, 0.05) is 19.5 Å². The van der Waals surface area contributed by atoms with Gasteiger partial charge in [-0.25, -0.2) is 4.98 Å². The van der Waals surface area contributed by atoms with Crippen LogP contribution in [-0.4, -0.2) is 27.9 Å². The molecule has 32 heavy (non-hydrogen) atoms. The SMILES string of the molecule is O=C(CCn1cnc2sccc2c1=O)Nc1ccccc1C(=O)NCCc1ccccc1. The van der Waals surface area contributed by atoms with E-state index in [4.69, 9.17) is 0 Å². The Morgan fingerprint density at radius 3 is 2.62 bits per heavy atom. The van der Waals surface area contributed by atoms with Crippen LogP contribution in [0.1, 0.15) is 22.3 Å². The molecule has 4 rings (SSSR count). The summed E-state index contributed by atoms with van der Waals surface area (Å²) in [6, 6.07) is 18.5. The molecule has 0 spiro atoms. The van der Waals surface area contributed by atoms with Gasteiger partial charge in [0.25, 0.3) is 11.5 Å². The van der Waals surface area contributed by atoms with Gasteiger partial charge in [0.2, 0.25) is 5.91 Å². The Bertz CT molecular complexity index is 1300. The molecule has 0 unspecified atom stereocenters. The molecule has 0 aliphatic carbocycles. The van der Waals surface area contributed by atoms with E-state index in [0.717, 1.165) is 12.0 Å². The van der Waals surface area contributed by atoms with E-state index in [9.17, 15) is 14.4 Å². The maximum absolute atomic E-state index is 12.6. The quantitative estimate of drug-likeness (QED) is 0.434. The molecule has 2 N–H and O–H groups in total. The summed E-state index contributed by atoms with van der Waals surface area (Å²) in [7, 11) is 0. The molecule has 0 aliphatic heterocycles. The highest BCUT2D eigenvalue weighted by atomic mass is 32.1. The third-order valence-electron chi connectivity index (χ3n) is 5.02. The van der Waals surface area contributed by atoms with E-state index in [0.29, 0.717) is 28.0 Å². The van der Waals surface area contributed by atoms with E-state index in [1.165, 1.54) is 22.2 Å². The van der Waals surface area contributed by atoms with E-state index in [-0.39, 0.29) is 30.3 Å². The number of carbonyl (C=O) groups is 2. The molecule has 2 heterocycles. The van der Waals surface area contributed by atoms with E-state index < -0.39 is 0 Å². The molecule has 0 radical (unpaired) electrons. The van der Waals surface area contributed by atoms with Gasteiger partial charge < -0.3 is 10.6 Å². The highest BCUT2D eigenvalue weighted by Crippen LogP contribution is 2.16. The standard InChI is InChI=1S/C24H22N4O3S/c29-21(11-14-28-16-26-23-19(24(28)31)12-15-32-23)27-20-9-5-4-8-18(20)22(30)25-13-10-17-6-2-1-3-7-17/h1-9,12,15-16H,10-11,13-14H2,(H,25,30)(H,27,29). The van der Waals surface area contributed by atoms with Crippen molar-refractivity contribution in [3.63, 3.8) is 0 Å². The topological polar surface area (TPSA) is 93.1 Å². The summed E-state index contributed by atoms with van der Waals surface area (Å²) < 4.78 is 1.43. The van der Waals surface area contributed by atoms with Gasteiger partial charge in [0.05, 0.1) is 23.0 Å². The lowest BCUT2D eigenvalue weighted by atomic mass is 10.1. The molecule has 2 aromatic carbocycles. The summed E-state index contributed by atoms with van der Waals surface area (Å²) in [5.41, 5.74) is 1.81. The number of para-hydroxylation sites is 1. The van der Waals surface area contributed by atoms with Crippen molar-refractivity contribution in [3.8, 4) is 0 Å². The Hall–Kier alpha value is -3.78. The molecule has 0 atom stereocenters. The number of fused-ring (bicyclic) bond motifs is 1. The summed E-state index contributed by atoms with van der Waals surface area (Å²) in [4.78, 5) is 42.5. The van der Waals surface area contributed by atoms with Crippen LogP contribution in [0.2, 0.25) is 0 Å². The monoisotopic (exact) mass is 446 g/mol. The number of rotatable bonds is 8. The summed E-state index contributed by atoms with van der Waals surface area (Å²) in [6.45, 7) is 0.695. The second-order valence-electron chi connectivity index (χ2n) is 7.22. The minimum absolute atomic E-state index is 0.0845. The van der Waals surface area contributed by atoms with Crippen molar-refractivity contribution >= 4 is 39.1 Å². The largest absolute Gasteiger partial charge is 0.352 e. The maximum atomic E-state index is 12.6. The molecule has 0 saturated carbocycles. The molecule has 4 aromatic rings. The minimum atomic E-state index is -0.285. The van der Waals surface area contributed by atoms with Crippen molar-refractivity contribution in [1.29, 1.82) is 0 Å². The molecule has 0 saturated heterocycles. The van der Waals surface area contributed by atoms with Crippen LogP contribution < -0.4 is 16.2 Å². The number of hydrogen-bond acceptors (Lipinski definition) is 5. The third kappa shape index (κ3) is 5.09. The van der Waals surface area contributed by atoms with Crippen molar-refractivity contribution in [3.05, 3.63) is 93.9 Å². The summed E-state index contributed by atoms with van der Waals surface area (Å²) in [6.07, 6.45) is 2.27. The number of anilines is 1. The van der Waals surface area contributed by atoms with Gasteiger partial charge in [0.15, 0.2) is 0 Å². The van der Waals surface area contributed by atoms with Crippen molar-refractivity contribution in [2.24, 2.45) is 0 Å². The lowest BCUT2D eigenvalue weighted by Crippen LogP contribution is -2.27. The molecule has 0 fully saturated rings. The van der Waals surface area contributed by atoms with Crippen LogP contribution in [0.5, 0.6) is 0 Å². The highest BCUT2D eigenvalue weighted by Gasteiger charge is 2.13. The van der Waals surface area contributed by atoms with E-state index >= 15 is 0 Å². The summed E-state index contributed by atoms with van der Waals surface area (Å²) in [5, 5.41) is 8.05. The third-order valence-corrected chi connectivity index (χ3v) is 5.84. The molecule has 2 aromatic heterocycles. The number of nitrogens with zero attached hydrogens (tertiary/aromatic N) is 2. The zero-order valence-electron chi connectivity index (χ0n) is 17.3. The van der Waals surface area contributed by atoms with Crippen LogP contribution >= 0.6 is 11.3 Å². The zero-order valence-corrected chi connectivity index (χ0v) is 18.1. The van der Waals surface area contributed by atoms with Gasteiger partial charge in [-0.05, 0) is 35.6 Å². The Morgan fingerprint density at radius 1 is 1.00 bits per heavy atom. The molecule has 0 aliphatic rings. The van der Waals surface area contributed by atoms with E-state index in [1.54, 1.807) is 30.3 Å². The summed E-state index contributed by atoms with van der Waals surface area (Å²) >= 11 is 1.40. The maximum Gasteiger partial charge on any atom is 0.262 e. The van der Waals surface area contributed by atoms with Gasteiger partial charge in [-0.15, -0.1) is 11.3 Å². The molecular weight excluding hydrogens is 424 g/mol. The first-order valence-electron chi connectivity index (χ1n) is 10.3. The van der Waals surface area contributed by atoms with Crippen molar-refractivity contribution in [2.45, 2.75) is 19.4 Å². The number of aromatic nitrogens is 2. The van der Waals surface area contributed by atoms with Crippen LogP contribution in [0, 0.1) is 0 Å². The van der Waals surface area contributed by atoms with Crippen LogP contribution in [0.3, 0.4) is 0 Å². The summed E-state index contributed by atoms with van der Waals surface area (Å²) in [5.74, 6) is -0.535. The fourth-order valence-electron chi connectivity index (χ4n) is 3.34. The number of carbonyl (C=O) groups excluding carboxylic acids is 2. The molecule has 0 bridgehead atoms. The lowest BCUT2D eigenvalue weighted by molar-refractivity contribution is -0.116. The number of nitrogens with one attached hydrogen (secondary N) is 2. The normalized spacial score (nSPS) is 10.8. The van der Waals surface area contributed by atoms with Crippen LogP contribution in [-0.2, 0) is 17.8 Å². The predicted octanol–water partition coefficient (Wildman–Crippen LogP) is 3.46. The van der Waals surface area contributed by atoms with E-state index in [1.807, 2.05) is 35.7 Å². The Balaban J connectivity index is 1.35. The van der Waals surface area contributed by atoms with Gasteiger partial charge in [0.1, 0.15) is 4.83 Å². The number of aryl methyl sites for hydroxylation is 1. The van der Waals surface area contributed by atoms with Crippen LogP contribution in [0.25, 0.3) is 10.2 Å². The fourth-order valence-corrected chi connectivity index (χ4v) is 4.06. The van der Waals surface area contributed by atoms with Crippen molar-refractivity contribution in [2.75, 3.05) is 11.9 Å². The molecule has 8 heteroatoms. The zero-order chi connectivity index (χ0) is 22.3. The first-order valence-corrected chi connectivity index (χ1v) is 11.1. The first-order chi connectivity index (χ1) is 15.6. The van der Waals surface area contributed by atoms with Gasteiger partial charge >= 0.3 is 0 Å². The number of thiophene rings is 1. The van der Waals surface area contributed by atoms with Crippen LogP contribution in [0.4, 0.5) is 5.69 Å². The smallest absolute Gasteiger partial charge is 0.262 e. The van der Waals surface area contributed by atoms with Gasteiger partial charge in [-0.2, -0.15) is 0 Å². The molecule has 162 valence electrons. The lowest BCUT2D eigenvalue weighted by Gasteiger charge is -2.12. The Labute approximate surface area is 188 Å². The average Bonchev–Trinajstić information content (AvgIpc) is 3.29. The van der Waals surface area contributed by atoms with Crippen molar-refractivity contribution in [1.82, 2.24) is 14.9 Å². The van der Waals surface area contributed by atoms with Crippen LogP contribution in [0.15, 0.2) is 77.2 Å². The molecule has 2 amide bonds. The first kappa shape index (κ1) is 21.5. The Morgan fingerprint density at radius 2 is 1.78 bits per heavy atom. The average molecular weight is 447 g/mol. The van der Waals surface area contributed by atoms with Gasteiger partial charge in [-0.1, -0.05) is 42.5 Å².